The molecule has 1 aromatic heterocycles. The van der Waals surface area contributed by atoms with Crippen LogP contribution in [0, 0.1) is 13.8 Å². The second-order valence-corrected chi connectivity index (χ2v) is 6.87. The van der Waals surface area contributed by atoms with E-state index in [-0.39, 0.29) is 0 Å². The largest absolute Gasteiger partial charge is 0.310 e. The molecule has 1 aromatic carbocycles. The SMILES string of the molecule is CCCNC(CCCc1cccs1)c1ccc(C)cc1C. The summed E-state index contributed by atoms with van der Waals surface area (Å²) in [6.07, 6.45) is 4.84. The summed E-state index contributed by atoms with van der Waals surface area (Å²) in [5.74, 6) is 0. The van der Waals surface area contributed by atoms with Gasteiger partial charge in [0.05, 0.1) is 0 Å². The fourth-order valence-electron chi connectivity index (χ4n) is 2.84. The molecule has 2 aromatic rings. The van der Waals surface area contributed by atoms with E-state index in [1.54, 1.807) is 0 Å². The van der Waals surface area contributed by atoms with E-state index in [4.69, 9.17) is 0 Å². The fraction of sp³-hybridized carbons (Fsp3) is 0.474. The lowest BCUT2D eigenvalue weighted by Gasteiger charge is -2.21. The molecule has 114 valence electrons. The highest BCUT2D eigenvalue weighted by Crippen LogP contribution is 2.24. The summed E-state index contributed by atoms with van der Waals surface area (Å²) in [6.45, 7) is 7.74. The predicted octanol–water partition coefficient (Wildman–Crippen LogP) is 5.43. The second-order valence-electron chi connectivity index (χ2n) is 5.84. The molecular weight excluding hydrogens is 274 g/mol. The maximum Gasteiger partial charge on any atom is 0.0322 e. The molecule has 1 unspecified atom stereocenters. The molecular formula is C19H27NS. The van der Waals surface area contributed by atoms with Gasteiger partial charge in [0.1, 0.15) is 0 Å². The monoisotopic (exact) mass is 301 g/mol. The molecule has 0 radical (unpaired) electrons. The van der Waals surface area contributed by atoms with Crippen molar-refractivity contribution in [2.24, 2.45) is 0 Å². The quantitative estimate of drug-likeness (QED) is 0.685. The topological polar surface area (TPSA) is 12.0 Å². The zero-order valence-electron chi connectivity index (χ0n) is 13.5. The van der Waals surface area contributed by atoms with Crippen molar-refractivity contribution < 1.29 is 0 Å². The zero-order chi connectivity index (χ0) is 15.1. The number of hydrogen-bond donors (Lipinski definition) is 1. The first kappa shape index (κ1) is 16.3. The predicted molar refractivity (Wildman–Crippen MR) is 94.2 cm³/mol. The highest BCUT2D eigenvalue weighted by molar-refractivity contribution is 7.09. The molecule has 2 rings (SSSR count). The number of benzene rings is 1. The standard InChI is InChI=1S/C19H27NS/c1-4-12-20-19(9-5-7-17-8-6-13-21-17)18-11-10-15(2)14-16(18)3/h6,8,10-11,13-14,19-20H,4-5,7,9,12H2,1-3H3. The minimum Gasteiger partial charge on any atom is -0.310 e. The van der Waals surface area contributed by atoms with Crippen molar-refractivity contribution in [3.8, 4) is 0 Å². The van der Waals surface area contributed by atoms with Crippen molar-refractivity contribution in [1.29, 1.82) is 0 Å². The van der Waals surface area contributed by atoms with Crippen LogP contribution in [0.2, 0.25) is 0 Å². The van der Waals surface area contributed by atoms with Gasteiger partial charge in [0.25, 0.3) is 0 Å². The lowest BCUT2D eigenvalue weighted by Crippen LogP contribution is -2.23. The maximum atomic E-state index is 3.73. The van der Waals surface area contributed by atoms with Crippen molar-refractivity contribution in [1.82, 2.24) is 5.32 Å². The molecule has 0 aliphatic rings. The first-order chi connectivity index (χ1) is 10.2. The van der Waals surface area contributed by atoms with Gasteiger partial charge in [-0.05, 0) is 68.6 Å². The van der Waals surface area contributed by atoms with Crippen molar-refractivity contribution in [2.45, 2.75) is 52.5 Å². The van der Waals surface area contributed by atoms with Crippen LogP contribution in [0.15, 0.2) is 35.7 Å². The number of rotatable bonds is 8. The van der Waals surface area contributed by atoms with E-state index in [2.05, 4.69) is 61.8 Å². The Morgan fingerprint density at radius 1 is 1.19 bits per heavy atom. The summed E-state index contributed by atoms with van der Waals surface area (Å²) in [5, 5.41) is 5.90. The van der Waals surface area contributed by atoms with Crippen molar-refractivity contribution in [3.05, 3.63) is 57.3 Å². The molecule has 1 nitrogen and oxygen atoms in total. The highest BCUT2D eigenvalue weighted by Gasteiger charge is 2.13. The third-order valence-corrected chi connectivity index (χ3v) is 4.87. The Bertz CT molecular complexity index is 531. The van der Waals surface area contributed by atoms with Gasteiger partial charge < -0.3 is 5.32 Å². The van der Waals surface area contributed by atoms with E-state index in [9.17, 15) is 0 Å². The lowest BCUT2D eigenvalue weighted by molar-refractivity contribution is 0.483. The Morgan fingerprint density at radius 2 is 2.05 bits per heavy atom. The van der Waals surface area contributed by atoms with E-state index in [0.717, 1.165) is 6.54 Å². The minimum absolute atomic E-state index is 0.491. The van der Waals surface area contributed by atoms with Gasteiger partial charge in [-0.25, -0.2) is 0 Å². The Kier molecular flexibility index (Phi) is 6.47. The molecule has 21 heavy (non-hydrogen) atoms. The Morgan fingerprint density at radius 3 is 2.71 bits per heavy atom. The van der Waals surface area contributed by atoms with Crippen LogP contribution in [0.25, 0.3) is 0 Å². The first-order valence-electron chi connectivity index (χ1n) is 8.03. The van der Waals surface area contributed by atoms with Crippen LogP contribution in [0.3, 0.4) is 0 Å². The van der Waals surface area contributed by atoms with Crippen molar-refractivity contribution >= 4 is 11.3 Å². The van der Waals surface area contributed by atoms with Gasteiger partial charge in [0, 0.05) is 10.9 Å². The van der Waals surface area contributed by atoms with E-state index in [1.165, 1.54) is 47.3 Å². The normalized spacial score (nSPS) is 12.5. The molecule has 1 atom stereocenters. The summed E-state index contributed by atoms with van der Waals surface area (Å²) in [7, 11) is 0. The van der Waals surface area contributed by atoms with Crippen LogP contribution >= 0.6 is 11.3 Å². The molecule has 1 heterocycles. The molecule has 0 aliphatic carbocycles. The number of thiophene rings is 1. The van der Waals surface area contributed by atoms with E-state index in [0.29, 0.717) is 6.04 Å². The smallest absolute Gasteiger partial charge is 0.0322 e. The number of aryl methyl sites for hydroxylation is 3. The third kappa shape index (κ3) is 4.98. The molecule has 0 spiro atoms. The van der Waals surface area contributed by atoms with Gasteiger partial charge in [-0.2, -0.15) is 0 Å². The molecule has 2 heteroatoms. The number of nitrogens with one attached hydrogen (secondary N) is 1. The van der Waals surface area contributed by atoms with Gasteiger partial charge in [0.15, 0.2) is 0 Å². The summed E-state index contributed by atoms with van der Waals surface area (Å²) >= 11 is 1.87. The van der Waals surface area contributed by atoms with Gasteiger partial charge in [0.2, 0.25) is 0 Å². The maximum absolute atomic E-state index is 3.73. The Balaban J connectivity index is 1.99. The van der Waals surface area contributed by atoms with Crippen LogP contribution in [0.1, 0.15) is 53.8 Å². The van der Waals surface area contributed by atoms with Crippen LogP contribution in [-0.4, -0.2) is 6.54 Å². The Hall–Kier alpha value is -1.12. The van der Waals surface area contributed by atoms with Crippen molar-refractivity contribution in [3.63, 3.8) is 0 Å². The molecule has 0 fully saturated rings. The molecule has 0 saturated carbocycles. The highest BCUT2D eigenvalue weighted by atomic mass is 32.1. The molecule has 0 amide bonds. The molecule has 0 saturated heterocycles. The van der Waals surface area contributed by atoms with Crippen LogP contribution in [0.4, 0.5) is 0 Å². The van der Waals surface area contributed by atoms with Gasteiger partial charge >= 0.3 is 0 Å². The van der Waals surface area contributed by atoms with E-state index >= 15 is 0 Å². The average Bonchev–Trinajstić information content (AvgIpc) is 2.96. The summed E-state index contributed by atoms with van der Waals surface area (Å²) in [4.78, 5) is 1.50. The molecule has 0 aliphatic heterocycles. The van der Waals surface area contributed by atoms with Gasteiger partial charge in [-0.15, -0.1) is 11.3 Å². The second kappa shape index (κ2) is 8.35. The van der Waals surface area contributed by atoms with Crippen molar-refractivity contribution in [2.75, 3.05) is 6.54 Å². The van der Waals surface area contributed by atoms with E-state index in [1.807, 2.05) is 11.3 Å². The van der Waals surface area contributed by atoms with Crippen LogP contribution < -0.4 is 5.32 Å². The summed E-state index contributed by atoms with van der Waals surface area (Å²) in [6, 6.07) is 11.7. The molecule has 1 N–H and O–H groups in total. The van der Waals surface area contributed by atoms with Crippen LogP contribution in [0.5, 0.6) is 0 Å². The first-order valence-corrected chi connectivity index (χ1v) is 8.91. The third-order valence-electron chi connectivity index (χ3n) is 3.94. The van der Waals surface area contributed by atoms with Gasteiger partial charge in [-0.3, -0.25) is 0 Å². The molecule has 0 bridgehead atoms. The summed E-state index contributed by atoms with van der Waals surface area (Å²) < 4.78 is 0. The number of hydrogen-bond acceptors (Lipinski definition) is 2. The van der Waals surface area contributed by atoms with E-state index < -0.39 is 0 Å². The van der Waals surface area contributed by atoms with Crippen LogP contribution in [-0.2, 0) is 6.42 Å². The zero-order valence-corrected chi connectivity index (χ0v) is 14.3. The average molecular weight is 301 g/mol. The summed E-state index contributed by atoms with van der Waals surface area (Å²) in [5.41, 5.74) is 4.24. The van der Waals surface area contributed by atoms with Gasteiger partial charge in [-0.1, -0.05) is 36.8 Å². The Labute approximate surface area is 133 Å². The fourth-order valence-corrected chi connectivity index (χ4v) is 3.59. The minimum atomic E-state index is 0.491. The lowest BCUT2D eigenvalue weighted by atomic mass is 9.95.